The van der Waals surface area contributed by atoms with Crippen molar-refractivity contribution in [2.24, 2.45) is 0 Å². The summed E-state index contributed by atoms with van der Waals surface area (Å²) in [5.74, 6) is 0.163. The highest BCUT2D eigenvalue weighted by Crippen LogP contribution is 2.22. The number of carbonyl (C=O) groups excluding carboxylic acids is 1. The molecule has 1 aromatic rings. The average Bonchev–Trinajstić information content (AvgIpc) is 2.39. The quantitative estimate of drug-likeness (QED) is 0.842. The van der Waals surface area contributed by atoms with Gasteiger partial charge in [-0.1, -0.05) is 31.2 Å². The van der Waals surface area contributed by atoms with Gasteiger partial charge in [0, 0.05) is 26.6 Å². The number of piperazine rings is 1. The van der Waals surface area contributed by atoms with Crippen LogP contribution >= 0.6 is 0 Å². The molecule has 1 unspecified atom stereocenters. The van der Waals surface area contributed by atoms with Crippen molar-refractivity contribution < 1.29 is 4.79 Å². The van der Waals surface area contributed by atoms with Gasteiger partial charge in [-0.15, -0.1) is 0 Å². The molecule has 1 N–H and O–H groups in total. The van der Waals surface area contributed by atoms with E-state index in [1.54, 1.807) is 6.92 Å². The third-order valence-electron chi connectivity index (χ3n) is 3.42. The van der Waals surface area contributed by atoms with Crippen LogP contribution < -0.4 is 5.32 Å². The lowest BCUT2D eigenvalue weighted by molar-refractivity contribution is -0.132. The molecular weight excluding hydrogens is 212 g/mol. The van der Waals surface area contributed by atoms with Gasteiger partial charge >= 0.3 is 0 Å². The zero-order valence-corrected chi connectivity index (χ0v) is 10.6. The monoisotopic (exact) mass is 232 g/mol. The first-order chi connectivity index (χ1) is 8.22. The first kappa shape index (κ1) is 12.1. The molecule has 0 spiro atoms. The van der Waals surface area contributed by atoms with Crippen LogP contribution in [0.3, 0.4) is 0 Å². The summed E-state index contributed by atoms with van der Waals surface area (Å²) < 4.78 is 0. The Bertz CT molecular complexity index is 386. The van der Waals surface area contributed by atoms with Crippen molar-refractivity contribution in [1.29, 1.82) is 0 Å². The van der Waals surface area contributed by atoms with Crippen molar-refractivity contribution in [2.75, 3.05) is 19.6 Å². The molecule has 0 bridgehead atoms. The lowest BCUT2D eigenvalue weighted by Crippen LogP contribution is -2.47. The standard InChI is InChI=1S/C14H20N2O/c1-3-12-4-6-13(7-5-12)14-10-15-8-9-16(14)11(2)17/h4-7,14-15H,3,8-10H2,1-2H3. The Morgan fingerprint density at radius 2 is 2.12 bits per heavy atom. The molecule has 1 atom stereocenters. The second kappa shape index (κ2) is 5.32. The van der Waals surface area contributed by atoms with Gasteiger partial charge in [-0.3, -0.25) is 4.79 Å². The summed E-state index contributed by atoms with van der Waals surface area (Å²) in [4.78, 5) is 13.6. The van der Waals surface area contributed by atoms with Crippen LogP contribution in [0.15, 0.2) is 24.3 Å². The first-order valence-electron chi connectivity index (χ1n) is 6.29. The number of amides is 1. The number of aryl methyl sites for hydroxylation is 1. The fraction of sp³-hybridized carbons (Fsp3) is 0.500. The van der Waals surface area contributed by atoms with Gasteiger partial charge < -0.3 is 10.2 Å². The molecule has 0 aromatic heterocycles. The van der Waals surface area contributed by atoms with Crippen LogP contribution in [0.2, 0.25) is 0 Å². The molecule has 0 aliphatic carbocycles. The van der Waals surface area contributed by atoms with Crippen LogP contribution in [-0.4, -0.2) is 30.4 Å². The van der Waals surface area contributed by atoms with E-state index in [2.05, 4.69) is 36.5 Å². The maximum atomic E-state index is 11.6. The van der Waals surface area contributed by atoms with E-state index in [0.717, 1.165) is 26.1 Å². The topological polar surface area (TPSA) is 32.3 Å². The van der Waals surface area contributed by atoms with Crippen molar-refractivity contribution >= 4 is 5.91 Å². The van der Waals surface area contributed by atoms with Crippen LogP contribution in [0, 0.1) is 0 Å². The summed E-state index contributed by atoms with van der Waals surface area (Å²) in [6.07, 6.45) is 1.06. The Balaban J connectivity index is 2.20. The van der Waals surface area contributed by atoms with Gasteiger partial charge in [0.15, 0.2) is 0 Å². The number of nitrogens with one attached hydrogen (secondary N) is 1. The Morgan fingerprint density at radius 3 is 2.71 bits per heavy atom. The van der Waals surface area contributed by atoms with Gasteiger partial charge in [0.1, 0.15) is 0 Å². The molecule has 3 nitrogen and oxygen atoms in total. The molecule has 2 rings (SSSR count). The molecule has 1 aliphatic rings. The Labute approximate surface area is 103 Å². The summed E-state index contributed by atoms with van der Waals surface area (Å²) in [5, 5.41) is 3.35. The van der Waals surface area contributed by atoms with E-state index < -0.39 is 0 Å². The van der Waals surface area contributed by atoms with Crippen LogP contribution in [0.25, 0.3) is 0 Å². The zero-order valence-electron chi connectivity index (χ0n) is 10.6. The number of hydrogen-bond acceptors (Lipinski definition) is 2. The van der Waals surface area contributed by atoms with Gasteiger partial charge in [0.05, 0.1) is 6.04 Å². The Kier molecular flexibility index (Phi) is 3.79. The van der Waals surface area contributed by atoms with Gasteiger partial charge in [-0.2, -0.15) is 0 Å². The lowest BCUT2D eigenvalue weighted by Gasteiger charge is -2.36. The highest BCUT2D eigenvalue weighted by atomic mass is 16.2. The third kappa shape index (κ3) is 2.67. The lowest BCUT2D eigenvalue weighted by atomic mass is 10.0. The van der Waals surface area contributed by atoms with E-state index in [-0.39, 0.29) is 11.9 Å². The maximum Gasteiger partial charge on any atom is 0.220 e. The molecule has 1 heterocycles. The van der Waals surface area contributed by atoms with E-state index >= 15 is 0 Å². The summed E-state index contributed by atoms with van der Waals surface area (Å²) in [7, 11) is 0. The number of nitrogens with zero attached hydrogens (tertiary/aromatic N) is 1. The van der Waals surface area contributed by atoms with E-state index in [4.69, 9.17) is 0 Å². The molecule has 1 aliphatic heterocycles. The van der Waals surface area contributed by atoms with Crippen LogP contribution in [0.5, 0.6) is 0 Å². The molecule has 0 radical (unpaired) electrons. The Morgan fingerprint density at radius 1 is 1.41 bits per heavy atom. The minimum Gasteiger partial charge on any atom is -0.333 e. The van der Waals surface area contributed by atoms with Gasteiger partial charge in [0.2, 0.25) is 5.91 Å². The highest BCUT2D eigenvalue weighted by Gasteiger charge is 2.25. The summed E-state index contributed by atoms with van der Waals surface area (Å²) in [5.41, 5.74) is 2.57. The minimum atomic E-state index is 0.163. The maximum absolute atomic E-state index is 11.6. The third-order valence-corrected chi connectivity index (χ3v) is 3.42. The molecule has 92 valence electrons. The van der Waals surface area contributed by atoms with E-state index in [1.165, 1.54) is 11.1 Å². The van der Waals surface area contributed by atoms with Gasteiger partial charge in [-0.05, 0) is 17.5 Å². The van der Waals surface area contributed by atoms with Crippen LogP contribution in [0.4, 0.5) is 0 Å². The van der Waals surface area contributed by atoms with Crippen molar-refractivity contribution in [1.82, 2.24) is 10.2 Å². The summed E-state index contributed by atoms with van der Waals surface area (Å²) >= 11 is 0. The number of hydrogen-bond donors (Lipinski definition) is 1. The number of benzene rings is 1. The normalized spacial score (nSPS) is 20.4. The van der Waals surface area contributed by atoms with E-state index in [0.29, 0.717) is 0 Å². The zero-order chi connectivity index (χ0) is 12.3. The fourth-order valence-electron chi connectivity index (χ4n) is 2.35. The number of rotatable bonds is 2. The van der Waals surface area contributed by atoms with Gasteiger partial charge in [-0.25, -0.2) is 0 Å². The summed E-state index contributed by atoms with van der Waals surface area (Å²) in [6.45, 7) is 6.35. The van der Waals surface area contributed by atoms with E-state index in [9.17, 15) is 4.79 Å². The predicted octanol–water partition coefficient (Wildman–Crippen LogP) is 1.74. The fourth-order valence-corrected chi connectivity index (χ4v) is 2.35. The molecule has 1 saturated heterocycles. The van der Waals surface area contributed by atoms with Crippen LogP contribution in [-0.2, 0) is 11.2 Å². The second-order valence-electron chi connectivity index (χ2n) is 4.53. The van der Waals surface area contributed by atoms with Crippen LogP contribution in [0.1, 0.15) is 31.0 Å². The summed E-state index contributed by atoms with van der Waals surface area (Å²) in [6, 6.07) is 8.79. The minimum absolute atomic E-state index is 0.163. The van der Waals surface area contributed by atoms with E-state index in [1.807, 2.05) is 4.90 Å². The smallest absolute Gasteiger partial charge is 0.220 e. The predicted molar refractivity (Wildman–Crippen MR) is 68.8 cm³/mol. The van der Waals surface area contributed by atoms with Crippen molar-refractivity contribution in [2.45, 2.75) is 26.3 Å². The van der Waals surface area contributed by atoms with Crippen molar-refractivity contribution in [3.05, 3.63) is 35.4 Å². The Hall–Kier alpha value is -1.35. The van der Waals surface area contributed by atoms with Crippen molar-refractivity contribution in [3.63, 3.8) is 0 Å². The van der Waals surface area contributed by atoms with Crippen molar-refractivity contribution in [3.8, 4) is 0 Å². The molecule has 1 aromatic carbocycles. The molecule has 1 amide bonds. The molecule has 0 saturated carbocycles. The largest absolute Gasteiger partial charge is 0.333 e. The first-order valence-corrected chi connectivity index (χ1v) is 6.29. The highest BCUT2D eigenvalue weighted by molar-refractivity contribution is 5.74. The molecular formula is C14H20N2O. The molecule has 3 heteroatoms. The SMILES string of the molecule is CCc1ccc(C2CNCCN2C(C)=O)cc1. The number of carbonyl (C=O) groups is 1. The molecule has 1 fully saturated rings. The average molecular weight is 232 g/mol. The van der Waals surface area contributed by atoms with Gasteiger partial charge in [0.25, 0.3) is 0 Å². The molecule has 17 heavy (non-hydrogen) atoms. The second-order valence-corrected chi connectivity index (χ2v) is 4.53.